The first-order valence-electron chi connectivity index (χ1n) is 12.5. The fourth-order valence-electron chi connectivity index (χ4n) is 4.38. The molecule has 1 atom stereocenters. The summed E-state index contributed by atoms with van der Waals surface area (Å²) in [6.07, 6.45) is 2.49. The number of carbonyl (C=O) groups excluding carboxylic acids is 2. The third kappa shape index (κ3) is 7.75. The van der Waals surface area contributed by atoms with Crippen LogP contribution in [0.4, 0.5) is 8.78 Å². The summed E-state index contributed by atoms with van der Waals surface area (Å²) in [6, 6.07) is 0. The molecule has 1 aliphatic carbocycles. The van der Waals surface area contributed by atoms with E-state index in [1.807, 2.05) is 11.8 Å². The Morgan fingerprint density at radius 2 is 1.88 bits per heavy atom. The second-order valence-electron chi connectivity index (χ2n) is 10.5. The van der Waals surface area contributed by atoms with Crippen molar-refractivity contribution >= 4 is 17.5 Å². The van der Waals surface area contributed by atoms with E-state index in [9.17, 15) is 23.5 Å². The van der Waals surface area contributed by atoms with E-state index in [1.54, 1.807) is 0 Å². The molecule has 2 aliphatic rings. The average Bonchev–Trinajstić information content (AvgIpc) is 2.79. The number of nitrogens with zero attached hydrogens (tertiary/aromatic N) is 3. The zero-order valence-corrected chi connectivity index (χ0v) is 21.2. The van der Waals surface area contributed by atoms with E-state index in [-0.39, 0.29) is 56.9 Å². The van der Waals surface area contributed by atoms with Gasteiger partial charge in [0.2, 0.25) is 5.91 Å². The number of likely N-dealkylation sites (tertiary alicyclic amines) is 1. The number of aliphatic hydroxyl groups is 1. The number of hydrogen-bond donors (Lipinski definition) is 2. The molecule has 194 valence electrons. The Morgan fingerprint density at radius 1 is 1.24 bits per heavy atom. The van der Waals surface area contributed by atoms with Crippen LogP contribution in [0.2, 0.25) is 0 Å². The zero-order chi connectivity index (χ0) is 25.5. The minimum Gasteiger partial charge on any atom is -0.394 e. The van der Waals surface area contributed by atoms with Crippen LogP contribution in [0.1, 0.15) is 72.6 Å². The van der Waals surface area contributed by atoms with Gasteiger partial charge in [-0.3, -0.25) is 14.6 Å². The van der Waals surface area contributed by atoms with E-state index in [4.69, 9.17) is 5.73 Å². The maximum atomic E-state index is 14.9. The maximum Gasteiger partial charge on any atom is 0.270 e. The number of aliphatic imine (C=N–C) groups is 1. The lowest BCUT2D eigenvalue weighted by molar-refractivity contribution is -0.132. The van der Waals surface area contributed by atoms with Gasteiger partial charge in [-0.05, 0) is 51.4 Å². The molecule has 34 heavy (non-hydrogen) atoms. The summed E-state index contributed by atoms with van der Waals surface area (Å²) in [5.74, 6) is -0.0679. The molecule has 0 spiro atoms. The van der Waals surface area contributed by atoms with Gasteiger partial charge in [-0.15, -0.1) is 0 Å². The van der Waals surface area contributed by atoms with Crippen molar-refractivity contribution in [3.8, 4) is 0 Å². The minimum atomic E-state index is -1.52. The van der Waals surface area contributed by atoms with Gasteiger partial charge < -0.3 is 20.6 Å². The smallest absolute Gasteiger partial charge is 0.270 e. The van der Waals surface area contributed by atoms with E-state index in [2.05, 4.69) is 18.8 Å². The SMILES string of the molecule is CCCN(CCC(C)C)C(=O)CN=C1CCC(C)(F)C/C1=C(/N)C(=O)N1CCC(O)(CF)CC1. The van der Waals surface area contributed by atoms with Gasteiger partial charge in [0.05, 0.1) is 5.60 Å². The summed E-state index contributed by atoms with van der Waals surface area (Å²) in [7, 11) is 0. The van der Waals surface area contributed by atoms with Gasteiger partial charge in [-0.25, -0.2) is 8.78 Å². The Morgan fingerprint density at radius 3 is 2.44 bits per heavy atom. The number of halogens is 2. The van der Waals surface area contributed by atoms with Crippen molar-refractivity contribution in [2.24, 2.45) is 16.6 Å². The predicted octanol–water partition coefficient (Wildman–Crippen LogP) is 3.16. The van der Waals surface area contributed by atoms with Crippen molar-refractivity contribution in [1.29, 1.82) is 0 Å². The number of piperidine rings is 1. The highest BCUT2D eigenvalue weighted by atomic mass is 19.1. The van der Waals surface area contributed by atoms with Crippen LogP contribution in [-0.4, -0.2) is 83.1 Å². The second-order valence-corrected chi connectivity index (χ2v) is 10.5. The van der Waals surface area contributed by atoms with Gasteiger partial charge in [0, 0.05) is 43.9 Å². The molecule has 0 aromatic heterocycles. The normalized spacial score (nSPS) is 25.5. The van der Waals surface area contributed by atoms with Gasteiger partial charge in [0.15, 0.2) is 0 Å². The molecule has 0 aromatic rings. The molecule has 2 rings (SSSR count). The fraction of sp³-hybridized carbons (Fsp3) is 0.800. The van der Waals surface area contributed by atoms with Crippen molar-refractivity contribution in [2.45, 2.75) is 83.9 Å². The lowest BCUT2D eigenvalue weighted by Gasteiger charge is -2.37. The number of allylic oxidation sites excluding steroid dienone is 1. The summed E-state index contributed by atoms with van der Waals surface area (Å²) >= 11 is 0. The van der Waals surface area contributed by atoms with E-state index >= 15 is 0 Å². The van der Waals surface area contributed by atoms with E-state index in [1.165, 1.54) is 11.8 Å². The van der Waals surface area contributed by atoms with Gasteiger partial charge in [-0.1, -0.05) is 20.8 Å². The molecule has 9 heteroatoms. The van der Waals surface area contributed by atoms with Crippen LogP contribution in [0.3, 0.4) is 0 Å². The Balaban J connectivity index is 2.20. The number of alkyl halides is 2. The van der Waals surface area contributed by atoms with Crippen LogP contribution >= 0.6 is 0 Å². The summed E-state index contributed by atoms with van der Waals surface area (Å²) in [5.41, 5.74) is 4.09. The molecule has 1 saturated carbocycles. The van der Waals surface area contributed by atoms with Crippen LogP contribution < -0.4 is 5.73 Å². The Hall–Kier alpha value is -2.03. The fourth-order valence-corrected chi connectivity index (χ4v) is 4.38. The largest absolute Gasteiger partial charge is 0.394 e. The lowest BCUT2D eigenvalue weighted by Crippen LogP contribution is -2.49. The monoisotopic (exact) mass is 484 g/mol. The van der Waals surface area contributed by atoms with Crippen molar-refractivity contribution in [3.63, 3.8) is 0 Å². The second kappa shape index (κ2) is 12.1. The first-order valence-corrected chi connectivity index (χ1v) is 12.5. The van der Waals surface area contributed by atoms with Crippen molar-refractivity contribution in [1.82, 2.24) is 9.80 Å². The quantitative estimate of drug-likeness (QED) is 0.491. The predicted molar refractivity (Wildman–Crippen MR) is 130 cm³/mol. The summed E-state index contributed by atoms with van der Waals surface area (Å²) < 4.78 is 27.9. The Kier molecular flexibility index (Phi) is 10.0. The molecule has 7 nitrogen and oxygen atoms in total. The molecule has 1 aliphatic heterocycles. The summed E-state index contributed by atoms with van der Waals surface area (Å²) in [6.45, 7) is 8.47. The Labute approximate surface area is 202 Å². The number of hydrogen-bond acceptors (Lipinski definition) is 5. The van der Waals surface area contributed by atoms with Crippen LogP contribution in [0.5, 0.6) is 0 Å². The third-order valence-corrected chi connectivity index (χ3v) is 6.79. The van der Waals surface area contributed by atoms with E-state index in [0.717, 1.165) is 12.8 Å². The van der Waals surface area contributed by atoms with Gasteiger partial charge in [0.25, 0.3) is 5.91 Å². The highest BCUT2D eigenvalue weighted by Gasteiger charge is 2.38. The molecule has 0 aromatic carbocycles. The number of nitrogens with two attached hydrogens (primary N) is 1. The van der Waals surface area contributed by atoms with Crippen molar-refractivity contribution in [3.05, 3.63) is 11.3 Å². The van der Waals surface area contributed by atoms with E-state index in [0.29, 0.717) is 36.7 Å². The molecule has 1 unspecified atom stereocenters. The van der Waals surface area contributed by atoms with Crippen LogP contribution in [0.15, 0.2) is 16.3 Å². The van der Waals surface area contributed by atoms with Gasteiger partial charge >= 0.3 is 0 Å². The molecule has 1 saturated heterocycles. The topological polar surface area (TPSA) is 99.2 Å². The van der Waals surface area contributed by atoms with E-state index < -0.39 is 23.9 Å². The number of amides is 2. The molecular weight excluding hydrogens is 442 g/mol. The molecule has 2 fully saturated rings. The molecule has 0 bridgehead atoms. The first-order chi connectivity index (χ1) is 15.9. The minimum absolute atomic E-state index is 0.0497. The Bertz CT molecular complexity index is 787. The molecule has 0 radical (unpaired) electrons. The summed E-state index contributed by atoms with van der Waals surface area (Å²) in [4.78, 5) is 33.7. The molecule has 3 N–H and O–H groups in total. The standard InChI is InChI=1S/C25H42F2N4O3/c1-5-11-30(12-7-18(2)3)21(32)16-29-20-6-8-24(4,27)15-19(20)22(28)23(33)31-13-9-25(34,17-26)10-14-31/h18,34H,5-17,28H2,1-4H3/b22-19-,29-20?. The van der Waals surface area contributed by atoms with Crippen LogP contribution in [-0.2, 0) is 9.59 Å². The zero-order valence-electron chi connectivity index (χ0n) is 21.2. The number of carbonyl (C=O) groups is 2. The summed E-state index contributed by atoms with van der Waals surface area (Å²) in [5, 5.41) is 10.1. The lowest BCUT2D eigenvalue weighted by atomic mass is 9.81. The molecule has 2 amide bonds. The van der Waals surface area contributed by atoms with Crippen LogP contribution in [0, 0.1) is 5.92 Å². The third-order valence-electron chi connectivity index (χ3n) is 6.79. The van der Waals surface area contributed by atoms with Crippen molar-refractivity contribution in [2.75, 3.05) is 39.4 Å². The molecule has 1 heterocycles. The average molecular weight is 485 g/mol. The number of rotatable bonds is 9. The highest BCUT2D eigenvalue weighted by Crippen LogP contribution is 2.35. The highest BCUT2D eigenvalue weighted by molar-refractivity contribution is 6.08. The van der Waals surface area contributed by atoms with Gasteiger partial charge in [0.1, 0.15) is 24.6 Å². The van der Waals surface area contributed by atoms with Crippen LogP contribution in [0.25, 0.3) is 0 Å². The van der Waals surface area contributed by atoms with Crippen molar-refractivity contribution < 1.29 is 23.5 Å². The maximum absolute atomic E-state index is 14.9. The van der Waals surface area contributed by atoms with Gasteiger partial charge in [-0.2, -0.15) is 0 Å². The molecular formula is C25H42F2N4O3. The first kappa shape index (κ1) is 28.2.